The molecule has 0 radical (unpaired) electrons. The zero-order valence-electron chi connectivity index (χ0n) is 16.5. The monoisotopic (exact) mass is 397 g/mol. The summed E-state index contributed by atoms with van der Waals surface area (Å²) < 4.78 is 10.5. The first-order chi connectivity index (χ1) is 13.9. The molecule has 2 aromatic carbocycles. The summed E-state index contributed by atoms with van der Waals surface area (Å²) >= 11 is 0. The third-order valence-electron chi connectivity index (χ3n) is 4.64. The summed E-state index contributed by atoms with van der Waals surface area (Å²) in [6, 6.07) is 12.1. The van der Waals surface area contributed by atoms with Gasteiger partial charge in [0.25, 0.3) is 0 Å². The first kappa shape index (κ1) is 20.2. The highest BCUT2D eigenvalue weighted by Gasteiger charge is 2.35. The molecule has 0 aromatic heterocycles. The molecule has 29 heavy (non-hydrogen) atoms. The molecule has 8 nitrogen and oxygen atoms in total. The lowest BCUT2D eigenvalue weighted by Gasteiger charge is -2.18. The van der Waals surface area contributed by atoms with Crippen LogP contribution in [0.4, 0.5) is 17.1 Å². The average molecular weight is 397 g/mol. The number of hydrogen-bond donors (Lipinski definition) is 2. The summed E-state index contributed by atoms with van der Waals surface area (Å²) in [5.74, 6) is -0.0171. The van der Waals surface area contributed by atoms with Crippen molar-refractivity contribution in [1.29, 1.82) is 0 Å². The zero-order chi connectivity index (χ0) is 21.0. The maximum absolute atomic E-state index is 12.7. The van der Waals surface area contributed by atoms with Gasteiger partial charge >= 0.3 is 0 Å². The van der Waals surface area contributed by atoms with E-state index in [0.29, 0.717) is 28.6 Å². The van der Waals surface area contributed by atoms with Crippen LogP contribution >= 0.6 is 0 Å². The molecule has 3 rings (SSSR count). The number of methoxy groups -OCH3 is 2. The third-order valence-corrected chi connectivity index (χ3v) is 4.64. The molecule has 2 N–H and O–H groups in total. The molecule has 0 aliphatic carbocycles. The Morgan fingerprint density at radius 3 is 2.55 bits per heavy atom. The fourth-order valence-electron chi connectivity index (χ4n) is 3.22. The Morgan fingerprint density at radius 1 is 1.07 bits per heavy atom. The summed E-state index contributed by atoms with van der Waals surface area (Å²) in [6.45, 7) is 1.67. The van der Waals surface area contributed by atoms with Crippen LogP contribution in [0.25, 0.3) is 0 Å². The smallest absolute Gasteiger partial charge is 0.229 e. The van der Waals surface area contributed by atoms with E-state index < -0.39 is 5.92 Å². The number of ether oxygens (including phenoxy) is 2. The average Bonchev–Trinajstić information content (AvgIpc) is 3.10. The number of rotatable bonds is 6. The molecule has 1 saturated heterocycles. The topological polar surface area (TPSA) is 97.0 Å². The molecule has 1 aliphatic rings. The van der Waals surface area contributed by atoms with Gasteiger partial charge in [0.2, 0.25) is 17.7 Å². The van der Waals surface area contributed by atoms with Crippen molar-refractivity contribution in [3.8, 4) is 11.5 Å². The highest BCUT2D eigenvalue weighted by Crippen LogP contribution is 2.31. The molecule has 1 heterocycles. The molecule has 1 atom stereocenters. The Hall–Kier alpha value is -3.55. The maximum Gasteiger partial charge on any atom is 0.229 e. The lowest BCUT2D eigenvalue weighted by Crippen LogP contribution is -2.28. The van der Waals surface area contributed by atoms with Gasteiger partial charge in [-0.15, -0.1) is 0 Å². The van der Waals surface area contributed by atoms with E-state index in [9.17, 15) is 14.4 Å². The predicted octanol–water partition coefficient (Wildman–Crippen LogP) is 2.65. The van der Waals surface area contributed by atoms with Crippen molar-refractivity contribution in [3.05, 3.63) is 42.5 Å². The molecule has 2 aromatic rings. The summed E-state index contributed by atoms with van der Waals surface area (Å²) in [4.78, 5) is 38.0. The van der Waals surface area contributed by atoms with Crippen molar-refractivity contribution in [2.24, 2.45) is 5.92 Å². The summed E-state index contributed by atoms with van der Waals surface area (Å²) in [5.41, 5.74) is 1.74. The fourth-order valence-corrected chi connectivity index (χ4v) is 3.22. The lowest BCUT2D eigenvalue weighted by molar-refractivity contribution is -0.122. The molecule has 1 aliphatic heterocycles. The molecule has 152 valence electrons. The van der Waals surface area contributed by atoms with E-state index in [1.54, 1.807) is 54.5 Å². The number of carbonyl (C=O) groups excluding carboxylic acids is 3. The Kier molecular flexibility index (Phi) is 6.01. The number of hydrogen-bond acceptors (Lipinski definition) is 5. The Morgan fingerprint density at radius 2 is 1.86 bits per heavy atom. The first-order valence-corrected chi connectivity index (χ1v) is 9.12. The van der Waals surface area contributed by atoms with Crippen molar-refractivity contribution in [2.75, 3.05) is 36.3 Å². The van der Waals surface area contributed by atoms with E-state index in [1.807, 2.05) is 0 Å². The van der Waals surface area contributed by atoms with Crippen LogP contribution in [0.2, 0.25) is 0 Å². The van der Waals surface area contributed by atoms with Gasteiger partial charge in [-0.1, -0.05) is 6.07 Å². The van der Waals surface area contributed by atoms with Gasteiger partial charge in [0, 0.05) is 37.3 Å². The number of carbonyl (C=O) groups is 3. The number of anilines is 3. The molecule has 3 amide bonds. The molecule has 8 heteroatoms. The van der Waals surface area contributed by atoms with Crippen molar-refractivity contribution in [1.82, 2.24) is 0 Å². The SMILES string of the molecule is COc1ccc(NC(=O)[C@H]2CC(=O)N(c3cccc(NC(C)=O)c3)C2)c(OC)c1. The molecule has 1 fully saturated rings. The van der Waals surface area contributed by atoms with Gasteiger partial charge in [-0.05, 0) is 30.3 Å². The second kappa shape index (κ2) is 8.64. The lowest BCUT2D eigenvalue weighted by atomic mass is 10.1. The molecule has 0 saturated carbocycles. The van der Waals surface area contributed by atoms with Gasteiger partial charge in [-0.3, -0.25) is 14.4 Å². The third kappa shape index (κ3) is 4.66. The Balaban J connectivity index is 1.72. The van der Waals surface area contributed by atoms with Crippen LogP contribution in [0.3, 0.4) is 0 Å². The standard InChI is InChI=1S/C21H23N3O5/c1-13(25)22-15-5-4-6-16(10-15)24-12-14(9-20(24)26)21(27)23-18-8-7-17(28-2)11-19(18)29-3/h4-8,10-11,14H,9,12H2,1-3H3,(H,22,25)(H,23,27)/t14-/m0/s1. The molecular weight excluding hydrogens is 374 g/mol. The summed E-state index contributed by atoms with van der Waals surface area (Å²) in [7, 11) is 3.06. The predicted molar refractivity (Wildman–Crippen MR) is 109 cm³/mol. The minimum atomic E-state index is -0.501. The van der Waals surface area contributed by atoms with E-state index in [-0.39, 0.29) is 30.7 Å². The number of nitrogens with zero attached hydrogens (tertiary/aromatic N) is 1. The van der Waals surface area contributed by atoms with Gasteiger partial charge in [-0.2, -0.15) is 0 Å². The van der Waals surface area contributed by atoms with Crippen LogP contribution in [0.5, 0.6) is 11.5 Å². The minimum absolute atomic E-state index is 0.106. The van der Waals surface area contributed by atoms with E-state index in [4.69, 9.17) is 9.47 Å². The molecule has 0 unspecified atom stereocenters. The Bertz CT molecular complexity index is 944. The minimum Gasteiger partial charge on any atom is -0.497 e. The molecule has 0 bridgehead atoms. The van der Waals surface area contributed by atoms with Gasteiger partial charge in [0.15, 0.2) is 0 Å². The largest absolute Gasteiger partial charge is 0.497 e. The maximum atomic E-state index is 12.7. The van der Waals surface area contributed by atoms with Crippen LogP contribution in [0, 0.1) is 5.92 Å². The molecular formula is C21H23N3O5. The van der Waals surface area contributed by atoms with Crippen LogP contribution in [-0.2, 0) is 14.4 Å². The van der Waals surface area contributed by atoms with Crippen LogP contribution in [-0.4, -0.2) is 38.5 Å². The van der Waals surface area contributed by atoms with E-state index >= 15 is 0 Å². The number of benzene rings is 2. The summed E-state index contributed by atoms with van der Waals surface area (Å²) in [5, 5.41) is 5.52. The van der Waals surface area contributed by atoms with E-state index in [1.165, 1.54) is 14.0 Å². The van der Waals surface area contributed by atoms with E-state index in [2.05, 4.69) is 10.6 Å². The second-order valence-corrected chi connectivity index (χ2v) is 6.69. The van der Waals surface area contributed by atoms with Crippen LogP contribution in [0.15, 0.2) is 42.5 Å². The van der Waals surface area contributed by atoms with Crippen molar-refractivity contribution in [2.45, 2.75) is 13.3 Å². The van der Waals surface area contributed by atoms with Crippen LogP contribution < -0.4 is 25.0 Å². The van der Waals surface area contributed by atoms with Gasteiger partial charge in [0.05, 0.1) is 25.8 Å². The zero-order valence-corrected chi connectivity index (χ0v) is 16.5. The van der Waals surface area contributed by atoms with Crippen molar-refractivity contribution >= 4 is 34.8 Å². The first-order valence-electron chi connectivity index (χ1n) is 9.12. The highest BCUT2D eigenvalue weighted by atomic mass is 16.5. The van der Waals surface area contributed by atoms with Crippen LogP contribution in [0.1, 0.15) is 13.3 Å². The van der Waals surface area contributed by atoms with Crippen molar-refractivity contribution < 1.29 is 23.9 Å². The van der Waals surface area contributed by atoms with Gasteiger partial charge in [0.1, 0.15) is 11.5 Å². The highest BCUT2D eigenvalue weighted by molar-refractivity contribution is 6.04. The second-order valence-electron chi connectivity index (χ2n) is 6.69. The molecule has 0 spiro atoms. The fraction of sp³-hybridized carbons (Fsp3) is 0.286. The van der Waals surface area contributed by atoms with Crippen molar-refractivity contribution in [3.63, 3.8) is 0 Å². The summed E-state index contributed by atoms with van der Waals surface area (Å²) in [6.07, 6.45) is 0.106. The van der Waals surface area contributed by atoms with Gasteiger partial charge < -0.3 is 25.0 Å². The van der Waals surface area contributed by atoms with Gasteiger partial charge in [-0.25, -0.2) is 0 Å². The normalized spacial score (nSPS) is 15.8. The Labute approximate surface area is 168 Å². The number of amides is 3. The van der Waals surface area contributed by atoms with E-state index in [0.717, 1.165) is 0 Å². The number of nitrogens with one attached hydrogen (secondary N) is 2. The quantitative estimate of drug-likeness (QED) is 0.781.